The summed E-state index contributed by atoms with van der Waals surface area (Å²) < 4.78 is 35.0. The van der Waals surface area contributed by atoms with Gasteiger partial charge < -0.3 is 19.1 Å². The zero-order valence-electron chi connectivity index (χ0n) is 18.8. The van der Waals surface area contributed by atoms with Crippen molar-refractivity contribution in [2.45, 2.75) is 36.1 Å². The molecule has 2 heterocycles. The summed E-state index contributed by atoms with van der Waals surface area (Å²) in [4.78, 5) is 37.8. The number of aliphatic hydroxyl groups is 1. The predicted molar refractivity (Wildman–Crippen MR) is 130 cm³/mol. The quantitative estimate of drug-likeness (QED) is 0.240. The summed E-state index contributed by atoms with van der Waals surface area (Å²) in [7, 11) is -3.97. The van der Waals surface area contributed by atoms with Crippen LogP contribution in [0.3, 0.4) is 0 Å². The van der Waals surface area contributed by atoms with Crippen LogP contribution in [0.1, 0.15) is 20.1 Å². The van der Waals surface area contributed by atoms with Gasteiger partial charge in [0.15, 0.2) is 10.0 Å². The van der Waals surface area contributed by atoms with Crippen LogP contribution in [-0.4, -0.2) is 56.0 Å². The van der Waals surface area contributed by atoms with Gasteiger partial charge in [-0.25, -0.2) is 9.36 Å². The highest BCUT2D eigenvalue weighted by Crippen LogP contribution is 2.52. The second kappa shape index (κ2) is 11.4. The number of nitrogens with zero attached hydrogens (tertiary/aromatic N) is 1. The molecule has 1 saturated heterocycles. The smallest absolute Gasteiger partial charge is 0.380 e. The number of alkyl halides is 2. The summed E-state index contributed by atoms with van der Waals surface area (Å²) in [6.45, 7) is 2.90. The topological polar surface area (TPSA) is 146 Å². The van der Waals surface area contributed by atoms with Crippen molar-refractivity contribution in [1.82, 2.24) is 9.55 Å². The Hall–Kier alpha value is -1.95. The lowest BCUT2D eigenvalue weighted by atomic mass is 10.2. The highest BCUT2D eigenvalue weighted by atomic mass is 79.9. The van der Waals surface area contributed by atoms with E-state index in [0.717, 1.165) is 10.6 Å². The van der Waals surface area contributed by atoms with Gasteiger partial charge in [-0.3, -0.25) is 23.7 Å². The van der Waals surface area contributed by atoms with E-state index in [0.29, 0.717) is 0 Å². The van der Waals surface area contributed by atoms with Crippen LogP contribution in [0.2, 0.25) is 0 Å². The van der Waals surface area contributed by atoms with E-state index in [9.17, 15) is 24.1 Å². The number of carbonyl (C=O) groups is 1. The summed E-state index contributed by atoms with van der Waals surface area (Å²) in [5.41, 5.74) is -1.42. The molecule has 0 saturated carbocycles. The van der Waals surface area contributed by atoms with Gasteiger partial charge in [-0.1, -0.05) is 52.7 Å². The van der Waals surface area contributed by atoms with Gasteiger partial charge in [0.25, 0.3) is 5.56 Å². The third kappa shape index (κ3) is 6.63. The predicted octanol–water partition coefficient (Wildman–Crippen LogP) is 2.61. The summed E-state index contributed by atoms with van der Waals surface area (Å²) in [5, 5.41) is 10.7. The molecule has 192 valence electrons. The number of H-pyrrole nitrogens is 1. The largest absolute Gasteiger partial charge is 0.466 e. The number of nitrogens with one attached hydrogen (secondary N) is 1. The van der Waals surface area contributed by atoms with E-state index in [2.05, 4.69) is 20.9 Å². The van der Waals surface area contributed by atoms with Gasteiger partial charge >= 0.3 is 19.3 Å². The number of hydrogen-bond acceptors (Lipinski definition) is 9. The van der Waals surface area contributed by atoms with Gasteiger partial charge in [-0.05, 0) is 19.1 Å². The van der Waals surface area contributed by atoms with Crippen LogP contribution in [-0.2, 0) is 23.4 Å². The molecule has 1 aliphatic heterocycles. The number of rotatable bonds is 10. The van der Waals surface area contributed by atoms with Crippen molar-refractivity contribution in [1.29, 1.82) is 0 Å². The van der Waals surface area contributed by atoms with Crippen molar-refractivity contribution in [3.8, 4) is 5.75 Å². The molecule has 0 aliphatic carbocycles. The highest BCUT2D eigenvalue weighted by Gasteiger charge is 2.55. The molecule has 3 rings (SSSR count). The van der Waals surface area contributed by atoms with Crippen molar-refractivity contribution in [3.63, 3.8) is 0 Å². The van der Waals surface area contributed by atoms with E-state index in [-0.39, 0.29) is 18.5 Å². The number of carbonyl (C=O) groups excluding carboxylic acids is 1. The summed E-state index contributed by atoms with van der Waals surface area (Å²) in [6, 6.07) is 9.35. The third-order valence-electron chi connectivity index (χ3n) is 5.09. The number of aromatic nitrogens is 2. The van der Waals surface area contributed by atoms with E-state index in [4.69, 9.17) is 30.1 Å². The molecule has 2 N–H and O–H groups in total. The molecule has 1 aromatic carbocycles. The normalized spacial score (nSPS) is 26.6. The Morgan fingerprint density at radius 1 is 1.34 bits per heavy atom. The van der Waals surface area contributed by atoms with E-state index in [1.807, 2.05) is 0 Å². The summed E-state index contributed by atoms with van der Waals surface area (Å²) in [5.74, 6) is -1.12. The van der Waals surface area contributed by atoms with Crippen molar-refractivity contribution < 1.29 is 33.0 Å². The first-order valence-electron chi connectivity index (χ1n) is 10.6. The molecule has 1 aromatic heterocycles. The maximum Gasteiger partial charge on any atom is 0.380 e. The number of halogens is 2. The molecule has 6 atom stereocenters. The Kier molecular flexibility index (Phi) is 9.01. The molecule has 0 unspecified atom stereocenters. The maximum absolute atomic E-state index is 13.6. The van der Waals surface area contributed by atoms with Gasteiger partial charge in [0.05, 0.1) is 25.3 Å². The van der Waals surface area contributed by atoms with Gasteiger partial charge in [-0.2, -0.15) is 0 Å². The van der Waals surface area contributed by atoms with E-state index >= 15 is 0 Å². The minimum atomic E-state index is -3.97. The zero-order chi connectivity index (χ0) is 25.8. The van der Waals surface area contributed by atoms with Crippen LogP contribution in [0.5, 0.6) is 5.75 Å². The Morgan fingerprint density at radius 2 is 2.03 bits per heavy atom. The Morgan fingerprint density at radius 3 is 2.66 bits per heavy atom. The molecule has 0 bridgehead atoms. The number of para-hydroxylation sites is 1. The number of aliphatic hydroxyl groups excluding tert-OH is 1. The number of ether oxygens (including phenoxy) is 2. The van der Waals surface area contributed by atoms with Crippen LogP contribution >= 0.6 is 35.1 Å². The number of aromatic amines is 1. The van der Waals surface area contributed by atoms with Crippen molar-refractivity contribution in [3.05, 3.63) is 63.4 Å². The van der Waals surface area contributed by atoms with Gasteiger partial charge in [0.1, 0.15) is 18.0 Å². The second-order valence-corrected chi connectivity index (χ2v) is 12.2. The number of esters is 1. The first kappa shape index (κ1) is 27.6. The lowest BCUT2D eigenvalue weighted by molar-refractivity contribution is -0.146. The molecule has 11 nitrogen and oxygen atoms in total. The Labute approximate surface area is 214 Å². The second-order valence-electron chi connectivity index (χ2n) is 7.81. The molecule has 0 amide bonds. The monoisotopic (exact) mass is 594 g/mol. The van der Waals surface area contributed by atoms with E-state index < -0.39 is 59.6 Å². The maximum atomic E-state index is 13.6. The lowest BCUT2D eigenvalue weighted by Gasteiger charge is -2.25. The average Bonchev–Trinajstić information content (AvgIpc) is 3.02. The van der Waals surface area contributed by atoms with E-state index in [1.54, 1.807) is 37.3 Å². The van der Waals surface area contributed by atoms with Crippen LogP contribution in [0.25, 0.3) is 0 Å². The van der Waals surface area contributed by atoms with E-state index in [1.165, 1.54) is 13.1 Å². The number of hydrogen-bond donors (Lipinski definition) is 2. The van der Waals surface area contributed by atoms with Crippen molar-refractivity contribution in [2.24, 2.45) is 5.92 Å². The molecule has 35 heavy (non-hydrogen) atoms. The highest BCUT2D eigenvalue weighted by molar-refractivity contribution is 9.10. The van der Waals surface area contributed by atoms with Gasteiger partial charge in [0, 0.05) is 12.3 Å². The number of benzene rings is 1. The first-order chi connectivity index (χ1) is 16.5. The van der Waals surface area contributed by atoms with Crippen LogP contribution in [0.4, 0.5) is 0 Å². The van der Waals surface area contributed by atoms with Crippen LogP contribution < -0.4 is 15.8 Å². The molecule has 1 aliphatic rings. The SMILES string of the molecule is CCOC(=O)[C@H](C)C[P@@](=O)(OC[C@H]1O[C@@H](n2ccc(=O)[nH]c2=O)[C@](Cl)(Br)[C@@H]1O)Oc1ccccc1. The minimum Gasteiger partial charge on any atom is -0.466 e. The van der Waals surface area contributed by atoms with Crippen molar-refractivity contribution in [2.75, 3.05) is 19.4 Å². The Balaban J connectivity index is 1.80. The standard InChI is InChI=1S/C21H25BrClN2O9P/c1-3-31-18(28)13(2)12-35(30,34-14-7-5-4-6-8-14)32-11-15-17(27)21(22,23)19(33-15)25-10-9-16(26)24-20(25)29/h4-10,13,15,17,19,27H,3,11-12H2,1-2H3,(H,24,26,29)/t13-,15-,17-,19-,21+,35-/m1/s1. The first-order valence-corrected chi connectivity index (χ1v) is 13.5. The summed E-state index contributed by atoms with van der Waals surface area (Å²) >= 11 is 9.62. The fraction of sp³-hybridized carbons (Fsp3) is 0.476. The molecule has 0 spiro atoms. The van der Waals surface area contributed by atoms with Crippen LogP contribution in [0.15, 0.2) is 52.2 Å². The van der Waals surface area contributed by atoms with Crippen LogP contribution in [0, 0.1) is 5.92 Å². The molecule has 2 aromatic rings. The van der Waals surface area contributed by atoms with Gasteiger partial charge in [0.2, 0.25) is 0 Å². The molecule has 0 radical (unpaired) electrons. The zero-order valence-corrected chi connectivity index (χ0v) is 22.1. The fourth-order valence-electron chi connectivity index (χ4n) is 3.36. The lowest BCUT2D eigenvalue weighted by Crippen LogP contribution is -2.40. The Bertz CT molecular complexity index is 1190. The van der Waals surface area contributed by atoms with Gasteiger partial charge in [-0.15, -0.1) is 0 Å². The van der Waals surface area contributed by atoms with Crippen molar-refractivity contribution >= 4 is 41.1 Å². The summed E-state index contributed by atoms with van der Waals surface area (Å²) in [6.07, 6.45) is -2.95. The fourth-order valence-corrected chi connectivity index (χ4v) is 6.15. The molecule has 1 fully saturated rings. The molecule has 14 heteroatoms. The molecular weight excluding hydrogens is 571 g/mol. The average molecular weight is 596 g/mol. The molecular formula is C21H25BrClN2O9P. The minimum absolute atomic E-state index is 0.157. The third-order valence-corrected chi connectivity index (χ3v) is 8.39.